The highest BCUT2D eigenvalue weighted by Gasteiger charge is 2.38. The molecular weight excluding hydrogens is 160 g/mol. The topological polar surface area (TPSA) is 6.48 Å². The monoisotopic (exact) mass is 182 g/mol. The van der Waals surface area contributed by atoms with Gasteiger partial charge < -0.3 is 9.80 Å². The zero-order valence-corrected chi connectivity index (χ0v) is 9.00. The molecule has 13 heavy (non-hydrogen) atoms. The van der Waals surface area contributed by atoms with Gasteiger partial charge >= 0.3 is 0 Å². The lowest BCUT2D eigenvalue weighted by Crippen LogP contribution is -2.29. The van der Waals surface area contributed by atoms with Gasteiger partial charge in [-0.25, -0.2) is 0 Å². The standard InChI is InChI=1S/C11H22N2/c1-3-5-13-8-10-6-12(4-2)7-11(10)9-13/h10-11H,3-9H2,1-2H3. The highest BCUT2D eigenvalue weighted by atomic mass is 15.2. The van der Waals surface area contributed by atoms with Crippen LogP contribution in [-0.2, 0) is 0 Å². The second-order valence-corrected chi connectivity index (χ2v) is 4.63. The van der Waals surface area contributed by atoms with Crippen molar-refractivity contribution >= 4 is 0 Å². The Morgan fingerprint density at radius 2 is 1.46 bits per heavy atom. The summed E-state index contributed by atoms with van der Waals surface area (Å²) in [7, 11) is 0. The van der Waals surface area contributed by atoms with Gasteiger partial charge in [-0.1, -0.05) is 13.8 Å². The number of hydrogen-bond donors (Lipinski definition) is 0. The van der Waals surface area contributed by atoms with Gasteiger partial charge in [0.05, 0.1) is 0 Å². The lowest BCUT2D eigenvalue weighted by Gasteiger charge is -2.19. The molecule has 0 aliphatic carbocycles. The molecule has 0 saturated carbocycles. The van der Waals surface area contributed by atoms with Gasteiger partial charge in [-0.3, -0.25) is 0 Å². The minimum Gasteiger partial charge on any atom is -0.303 e. The Kier molecular flexibility index (Phi) is 2.89. The summed E-state index contributed by atoms with van der Waals surface area (Å²) < 4.78 is 0. The van der Waals surface area contributed by atoms with E-state index in [0.29, 0.717) is 0 Å². The minimum absolute atomic E-state index is 0.992. The van der Waals surface area contributed by atoms with Crippen LogP contribution in [0.15, 0.2) is 0 Å². The van der Waals surface area contributed by atoms with Gasteiger partial charge in [0.2, 0.25) is 0 Å². The van der Waals surface area contributed by atoms with Crippen LogP contribution in [0.25, 0.3) is 0 Å². The predicted molar refractivity (Wildman–Crippen MR) is 55.8 cm³/mol. The molecule has 0 aromatic carbocycles. The molecule has 0 N–H and O–H groups in total. The van der Waals surface area contributed by atoms with Gasteiger partial charge in [0, 0.05) is 26.2 Å². The third-order valence-electron chi connectivity index (χ3n) is 3.62. The third kappa shape index (κ3) is 1.89. The SMILES string of the molecule is CCCN1CC2CN(CC)CC2C1. The van der Waals surface area contributed by atoms with Crippen LogP contribution in [0.1, 0.15) is 20.3 Å². The molecule has 0 aromatic heterocycles. The first-order chi connectivity index (χ1) is 6.33. The first kappa shape index (κ1) is 9.47. The predicted octanol–water partition coefficient (Wildman–Crippen LogP) is 1.28. The molecule has 2 aliphatic heterocycles. The summed E-state index contributed by atoms with van der Waals surface area (Å²) in [5.41, 5.74) is 0. The van der Waals surface area contributed by atoms with Gasteiger partial charge in [-0.2, -0.15) is 0 Å². The van der Waals surface area contributed by atoms with Gasteiger partial charge in [-0.15, -0.1) is 0 Å². The molecule has 2 saturated heterocycles. The number of rotatable bonds is 3. The van der Waals surface area contributed by atoms with E-state index < -0.39 is 0 Å². The molecule has 2 unspecified atom stereocenters. The Morgan fingerprint density at radius 3 is 1.92 bits per heavy atom. The van der Waals surface area contributed by atoms with E-state index in [4.69, 9.17) is 0 Å². The van der Waals surface area contributed by atoms with Crippen molar-refractivity contribution < 1.29 is 0 Å². The lowest BCUT2D eigenvalue weighted by molar-refractivity contribution is 0.262. The Balaban J connectivity index is 1.82. The first-order valence-corrected chi connectivity index (χ1v) is 5.78. The van der Waals surface area contributed by atoms with Crippen LogP contribution < -0.4 is 0 Å². The average molecular weight is 182 g/mol. The number of nitrogens with zero attached hydrogens (tertiary/aromatic N) is 2. The van der Waals surface area contributed by atoms with Crippen LogP contribution >= 0.6 is 0 Å². The fourth-order valence-electron chi connectivity index (χ4n) is 2.94. The highest BCUT2D eigenvalue weighted by molar-refractivity contribution is 4.92. The maximum atomic E-state index is 2.66. The Labute approximate surface area is 81.9 Å². The van der Waals surface area contributed by atoms with E-state index >= 15 is 0 Å². The van der Waals surface area contributed by atoms with E-state index in [1.54, 1.807) is 0 Å². The van der Waals surface area contributed by atoms with E-state index in [1.807, 2.05) is 0 Å². The number of likely N-dealkylation sites (tertiary alicyclic amines) is 2. The van der Waals surface area contributed by atoms with Crippen molar-refractivity contribution in [1.29, 1.82) is 0 Å². The van der Waals surface area contributed by atoms with Crippen LogP contribution in [0.5, 0.6) is 0 Å². The molecule has 0 aromatic rings. The van der Waals surface area contributed by atoms with E-state index in [9.17, 15) is 0 Å². The van der Waals surface area contributed by atoms with Crippen molar-refractivity contribution in [2.45, 2.75) is 20.3 Å². The summed E-state index contributed by atoms with van der Waals surface area (Å²) in [4.78, 5) is 5.26. The van der Waals surface area contributed by atoms with Crippen molar-refractivity contribution in [1.82, 2.24) is 9.80 Å². The fraction of sp³-hybridized carbons (Fsp3) is 1.00. The molecule has 0 bridgehead atoms. The van der Waals surface area contributed by atoms with E-state index in [2.05, 4.69) is 23.6 Å². The Bertz CT molecular complexity index is 155. The molecule has 76 valence electrons. The van der Waals surface area contributed by atoms with Crippen molar-refractivity contribution in [2.75, 3.05) is 39.3 Å². The van der Waals surface area contributed by atoms with Crippen LogP contribution in [0.3, 0.4) is 0 Å². The molecule has 0 amide bonds. The number of fused-ring (bicyclic) bond motifs is 1. The maximum absolute atomic E-state index is 2.66. The molecule has 2 atom stereocenters. The molecule has 2 aliphatic rings. The van der Waals surface area contributed by atoms with Gasteiger partial charge in [-0.05, 0) is 31.3 Å². The Hall–Kier alpha value is -0.0800. The summed E-state index contributed by atoms with van der Waals surface area (Å²) in [6.45, 7) is 12.6. The number of hydrogen-bond acceptors (Lipinski definition) is 2. The highest BCUT2D eigenvalue weighted by Crippen LogP contribution is 2.30. The smallest absolute Gasteiger partial charge is 0.00256 e. The van der Waals surface area contributed by atoms with Gasteiger partial charge in [0.1, 0.15) is 0 Å². The summed E-state index contributed by atoms with van der Waals surface area (Å²) in [5, 5.41) is 0. The average Bonchev–Trinajstić information content (AvgIpc) is 2.61. The minimum atomic E-state index is 0.992. The normalized spacial score (nSPS) is 35.5. The lowest BCUT2D eigenvalue weighted by atomic mass is 10.0. The fourth-order valence-corrected chi connectivity index (χ4v) is 2.94. The zero-order chi connectivity index (χ0) is 9.26. The largest absolute Gasteiger partial charge is 0.303 e. The first-order valence-electron chi connectivity index (χ1n) is 5.78. The van der Waals surface area contributed by atoms with Crippen molar-refractivity contribution in [2.24, 2.45) is 11.8 Å². The molecule has 2 heteroatoms. The van der Waals surface area contributed by atoms with Crippen molar-refractivity contribution in [3.63, 3.8) is 0 Å². The molecule has 2 heterocycles. The summed E-state index contributed by atoms with van der Waals surface area (Å²) >= 11 is 0. The van der Waals surface area contributed by atoms with Crippen molar-refractivity contribution in [3.05, 3.63) is 0 Å². The second kappa shape index (κ2) is 3.97. The summed E-state index contributed by atoms with van der Waals surface area (Å²) in [6.07, 6.45) is 1.32. The molecule has 2 rings (SSSR count). The van der Waals surface area contributed by atoms with Crippen LogP contribution in [0.4, 0.5) is 0 Å². The quantitative estimate of drug-likeness (QED) is 0.649. The van der Waals surface area contributed by atoms with Crippen LogP contribution in [0.2, 0.25) is 0 Å². The molecule has 0 spiro atoms. The Morgan fingerprint density at radius 1 is 0.923 bits per heavy atom. The molecule has 2 nitrogen and oxygen atoms in total. The molecule has 2 fully saturated rings. The van der Waals surface area contributed by atoms with E-state index in [0.717, 1.165) is 11.8 Å². The maximum Gasteiger partial charge on any atom is 0.00256 e. The van der Waals surface area contributed by atoms with E-state index in [1.165, 1.54) is 45.7 Å². The van der Waals surface area contributed by atoms with Crippen LogP contribution in [0, 0.1) is 11.8 Å². The van der Waals surface area contributed by atoms with Gasteiger partial charge in [0.25, 0.3) is 0 Å². The van der Waals surface area contributed by atoms with Crippen LogP contribution in [-0.4, -0.2) is 49.1 Å². The van der Waals surface area contributed by atoms with E-state index in [-0.39, 0.29) is 0 Å². The summed E-state index contributed by atoms with van der Waals surface area (Å²) in [5.74, 6) is 1.98. The second-order valence-electron chi connectivity index (χ2n) is 4.63. The third-order valence-corrected chi connectivity index (χ3v) is 3.62. The molecule has 0 radical (unpaired) electrons. The molecular formula is C11H22N2. The van der Waals surface area contributed by atoms with Gasteiger partial charge in [0.15, 0.2) is 0 Å². The zero-order valence-electron chi connectivity index (χ0n) is 9.00. The summed E-state index contributed by atoms with van der Waals surface area (Å²) in [6, 6.07) is 0. The van der Waals surface area contributed by atoms with Crippen molar-refractivity contribution in [3.8, 4) is 0 Å².